The molecular formula is C12H11F3N2O. The number of alkyl halides is 2. The average Bonchev–Trinajstić information content (AvgIpc) is 2.35. The summed E-state index contributed by atoms with van der Waals surface area (Å²) >= 11 is 0. The zero-order valence-electron chi connectivity index (χ0n) is 9.34. The largest absolute Gasteiger partial charge is 0.346 e. The second-order valence-corrected chi connectivity index (χ2v) is 3.30. The lowest BCUT2D eigenvalue weighted by atomic mass is 10.1. The molecule has 6 heteroatoms. The van der Waals surface area contributed by atoms with Crippen molar-refractivity contribution in [1.29, 1.82) is 0 Å². The summed E-state index contributed by atoms with van der Waals surface area (Å²) in [6.07, 6.45) is -2.68. The van der Waals surface area contributed by atoms with Crippen molar-refractivity contribution in [1.82, 2.24) is 5.32 Å². The maximum Gasteiger partial charge on any atom is 0.255 e. The van der Waals surface area contributed by atoms with Gasteiger partial charge >= 0.3 is 0 Å². The lowest BCUT2D eigenvalue weighted by Crippen LogP contribution is -2.29. The number of hydrogen-bond acceptors (Lipinski definition) is 2. The molecule has 1 aromatic carbocycles. The van der Waals surface area contributed by atoms with Crippen LogP contribution < -0.4 is 11.1 Å². The molecule has 1 amide bonds. The number of carbonyl (C=O) groups is 1. The van der Waals surface area contributed by atoms with Gasteiger partial charge in [0, 0.05) is 5.56 Å². The van der Waals surface area contributed by atoms with Crippen LogP contribution in [0.2, 0.25) is 0 Å². The molecule has 0 aromatic heterocycles. The third-order valence-corrected chi connectivity index (χ3v) is 1.96. The molecule has 96 valence electrons. The van der Waals surface area contributed by atoms with Gasteiger partial charge in [0.2, 0.25) is 0 Å². The summed E-state index contributed by atoms with van der Waals surface area (Å²) in [5.41, 5.74) is 5.25. The molecule has 0 aliphatic carbocycles. The van der Waals surface area contributed by atoms with Gasteiger partial charge in [-0.25, -0.2) is 13.2 Å². The van der Waals surface area contributed by atoms with Crippen LogP contribution in [-0.2, 0) is 0 Å². The van der Waals surface area contributed by atoms with Gasteiger partial charge in [0.25, 0.3) is 12.3 Å². The number of hydrogen-bond donors (Lipinski definition) is 2. The lowest BCUT2D eigenvalue weighted by Gasteiger charge is -2.05. The van der Waals surface area contributed by atoms with E-state index in [1.165, 1.54) is 12.1 Å². The van der Waals surface area contributed by atoms with Crippen LogP contribution in [0.15, 0.2) is 18.2 Å². The SMILES string of the molecule is NCC#Cc1ccc(F)c(C(=O)NCC(F)F)c1. The highest BCUT2D eigenvalue weighted by Gasteiger charge is 2.13. The third kappa shape index (κ3) is 4.11. The molecule has 0 radical (unpaired) electrons. The lowest BCUT2D eigenvalue weighted by molar-refractivity contribution is 0.0887. The topological polar surface area (TPSA) is 55.1 Å². The number of nitrogens with two attached hydrogens (primary N) is 1. The fourth-order valence-corrected chi connectivity index (χ4v) is 1.20. The highest BCUT2D eigenvalue weighted by molar-refractivity contribution is 5.94. The van der Waals surface area contributed by atoms with Crippen LogP contribution >= 0.6 is 0 Å². The van der Waals surface area contributed by atoms with Gasteiger partial charge in [-0.3, -0.25) is 4.79 Å². The first-order valence-corrected chi connectivity index (χ1v) is 5.09. The summed E-state index contributed by atoms with van der Waals surface area (Å²) in [4.78, 5) is 11.4. The van der Waals surface area contributed by atoms with Crippen LogP contribution in [0.4, 0.5) is 13.2 Å². The quantitative estimate of drug-likeness (QED) is 0.796. The van der Waals surface area contributed by atoms with Crippen molar-refractivity contribution in [2.24, 2.45) is 5.73 Å². The number of halogens is 3. The Morgan fingerprint density at radius 1 is 1.44 bits per heavy atom. The molecule has 0 spiro atoms. The van der Waals surface area contributed by atoms with Crippen LogP contribution in [0.1, 0.15) is 15.9 Å². The molecule has 0 saturated heterocycles. The van der Waals surface area contributed by atoms with Crippen LogP contribution in [-0.4, -0.2) is 25.4 Å². The Morgan fingerprint density at radius 3 is 2.78 bits per heavy atom. The van der Waals surface area contributed by atoms with Crippen LogP contribution in [0.5, 0.6) is 0 Å². The summed E-state index contributed by atoms with van der Waals surface area (Å²) in [5.74, 6) is 3.48. The number of carbonyl (C=O) groups excluding carboxylic acids is 1. The molecule has 1 aromatic rings. The van der Waals surface area contributed by atoms with E-state index in [4.69, 9.17) is 5.73 Å². The van der Waals surface area contributed by atoms with Crippen LogP contribution in [0, 0.1) is 17.7 Å². The zero-order chi connectivity index (χ0) is 13.5. The van der Waals surface area contributed by atoms with Crippen molar-refractivity contribution >= 4 is 5.91 Å². The number of amides is 1. The Balaban J connectivity index is 2.89. The normalized spacial score (nSPS) is 9.83. The maximum absolute atomic E-state index is 13.3. The molecule has 3 N–H and O–H groups in total. The third-order valence-electron chi connectivity index (χ3n) is 1.96. The van der Waals surface area contributed by atoms with E-state index in [2.05, 4.69) is 11.8 Å². The van der Waals surface area contributed by atoms with E-state index >= 15 is 0 Å². The summed E-state index contributed by atoms with van der Waals surface area (Å²) < 4.78 is 37.2. The van der Waals surface area contributed by atoms with Gasteiger partial charge in [-0.2, -0.15) is 0 Å². The van der Waals surface area contributed by atoms with Crippen molar-refractivity contribution in [3.8, 4) is 11.8 Å². The molecule has 0 unspecified atom stereocenters. The van der Waals surface area contributed by atoms with E-state index < -0.39 is 24.7 Å². The standard InChI is InChI=1S/C12H11F3N2O/c13-10-4-3-8(2-1-5-16)6-9(10)12(18)17-7-11(14)15/h3-4,6,11H,5,7,16H2,(H,17,18). The fourth-order valence-electron chi connectivity index (χ4n) is 1.20. The molecule has 0 heterocycles. The molecule has 0 aliphatic rings. The number of benzene rings is 1. The maximum atomic E-state index is 13.3. The van der Waals surface area contributed by atoms with Crippen LogP contribution in [0.25, 0.3) is 0 Å². The predicted molar refractivity (Wildman–Crippen MR) is 60.7 cm³/mol. The van der Waals surface area contributed by atoms with E-state index in [0.29, 0.717) is 5.56 Å². The van der Waals surface area contributed by atoms with Crippen molar-refractivity contribution < 1.29 is 18.0 Å². The first-order valence-electron chi connectivity index (χ1n) is 5.09. The molecule has 0 aliphatic heterocycles. The summed E-state index contributed by atoms with van der Waals surface area (Å²) in [6.45, 7) is -0.693. The predicted octanol–water partition coefficient (Wildman–Crippen LogP) is 1.13. The van der Waals surface area contributed by atoms with E-state index in [0.717, 1.165) is 6.07 Å². The van der Waals surface area contributed by atoms with Gasteiger partial charge in [-0.05, 0) is 18.2 Å². The Bertz CT molecular complexity index is 492. The molecule has 1 rings (SSSR count). The number of rotatable bonds is 3. The second-order valence-electron chi connectivity index (χ2n) is 3.30. The van der Waals surface area contributed by atoms with E-state index in [-0.39, 0.29) is 12.1 Å². The fraction of sp³-hybridized carbons (Fsp3) is 0.250. The van der Waals surface area contributed by atoms with Gasteiger partial charge in [0.05, 0.1) is 18.7 Å². The monoisotopic (exact) mass is 256 g/mol. The van der Waals surface area contributed by atoms with E-state index in [1.807, 2.05) is 5.32 Å². The Morgan fingerprint density at radius 2 is 2.17 bits per heavy atom. The highest BCUT2D eigenvalue weighted by atomic mass is 19.3. The van der Waals surface area contributed by atoms with Crippen molar-refractivity contribution in [3.05, 3.63) is 35.1 Å². The minimum absolute atomic E-state index is 0.129. The Hall–Kier alpha value is -2.00. The van der Waals surface area contributed by atoms with Gasteiger partial charge < -0.3 is 11.1 Å². The van der Waals surface area contributed by atoms with Crippen molar-refractivity contribution in [3.63, 3.8) is 0 Å². The minimum Gasteiger partial charge on any atom is -0.346 e. The van der Waals surface area contributed by atoms with E-state index in [1.54, 1.807) is 0 Å². The summed E-state index contributed by atoms with van der Waals surface area (Å²) in [5, 5.41) is 1.92. The van der Waals surface area contributed by atoms with Gasteiger partial charge in [-0.15, -0.1) is 0 Å². The molecular weight excluding hydrogens is 245 g/mol. The smallest absolute Gasteiger partial charge is 0.255 e. The Kier molecular flexibility index (Phi) is 5.21. The van der Waals surface area contributed by atoms with Crippen LogP contribution in [0.3, 0.4) is 0 Å². The van der Waals surface area contributed by atoms with Gasteiger partial charge in [-0.1, -0.05) is 11.8 Å². The van der Waals surface area contributed by atoms with E-state index in [9.17, 15) is 18.0 Å². The van der Waals surface area contributed by atoms with Gasteiger partial charge in [0.1, 0.15) is 5.82 Å². The molecule has 3 nitrogen and oxygen atoms in total. The molecule has 18 heavy (non-hydrogen) atoms. The first kappa shape index (κ1) is 14.1. The molecule has 0 bridgehead atoms. The molecule has 0 fully saturated rings. The minimum atomic E-state index is -2.68. The zero-order valence-corrected chi connectivity index (χ0v) is 9.34. The average molecular weight is 256 g/mol. The number of nitrogens with one attached hydrogen (secondary N) is 1. The Labute approximate surface area is 102 Å². The molecule has 0 atom stereocenters. The highest BCUT2D eigenvalue weighted by Crippen LogP contribution is 2.10. The van der Waals surface area contributed by atoms with Gasteiger partial charge in [0.15, 0.2) is 0 Å². The van der Waals surface area contributed by atoms with Crippen molar-refractivity contribution in [2.45, 2.75) is 6.43 Å². The summed E-state index contributed by atoms with van der Waals surface area (Å²) in [6, 6.07) is 3.62. The van der Waals surface area contributed by atoms with Crippen molar-refractivity contribution in [2.75, 3.05) is 13.1 Å². The summed E-state index contributed by atoms with van der Waals surface area (Å²) in [7, 11) is 0. The molecule has 0 saturated carbocycles. The first-order chi connectivity index (χ1) is 8.54. The second kappa shape index (κ2) is 6.67.